The zero-order chi connectivity index (χ0) is 18.0. The van der Waals surface area contributed by atoms with Crippen molar-refractivity contribution in [2.75, 3.05) is 14.2 Å². The summed E-state index contributed by atoms with van der Waals surface area (Å²) in [5.41, 5.74) is 2.20. The lowest BCUT2D eigenvalue weighted by molar-refractivity contribution is 0.0737. The molecule has 0 aliphatic rings. The summed E-state index contributed by atoms with van der Waals surface area (Å²) in [6.07, 6.45) is 0. The van der Waals surface area contributed by atoms with Crippen molar-refractivity contribution in [3.63, 3.8) is 0 Å². The highest BCUT2D eigenvalue weighted by Crippen LogP contribution is 2.24. The summed E-state index contributed by atoms with van der Waals surface area (Å²) in [7, 11) is 3.40. The number of carbonyl (C=O) groups is 1. The van der Waals surface area contributed by atoms with Crippen molar-refractivity contribution in [2.24, 2.45) is 0 Å². The number of halogens is 1. The molecule has 0 unspecified atom stereocenters. The molecule has 0 aliphatic carbocycles. The molecule has 0 radical (unpaired) electrons. The van der Waals surface area contributed by atoms with E-state index in [0.717, 1.165) is 22.2 Å². The normalized spacial score (nSPS) is 12.0. The van der Waals surface area contributed by atoms with Gasteiger partial charge in [-0.3, -0.25) is 4.79 Å². The first-order valence-electron chi connectivity index (χ1n) is 7.97. The number of hydrogen-bond acceptors (Lipinski definition) is 3. The fourth-order valence-electron chi connectivity index (χ4n) is 2.67. The van der Waals surface area contributed by atoms with Crippen LogP contribution in [-0.2, 0) is 0 Å². The van der Waals surface area contributed by atoms with Gasteiger partial charge in [0.1, 0.15) is 11.4 Å². The Hall–Kier alpha value is -2.59. The fraction of sp³-hybridized carbons (Fsp3) is 0.200. The van der Waals surface area contributed by atoms with Gasteiger partial charge in [-0.15, -0.1) is 0 Å². The van der Waals surface area contributed by atoms with E-state index in [0.29, 0.717) is 10.7 Å². The number of aromatic nitrogens is 1. The van der Waals surface area contributed by atoms with E-state index in [1.54, 1.807) is 25.1 Å². The zero-order valence-corrected chi connectivity index (χ0v) is 15.1. The zero-order valence-electron chi connectivity index (χ0n) is 14.4. The number of nitrogens with zero attached hydrogens (tertiary/aromatic N) is 2. The predicted octanol–water partition coefficient (Wildman–Crippen LogP) is 4.73. The summed E-state index contributed by atoms with van der Waals surface area (Å²) in [4.78, 5) is 19.0. The predicted molar refractivity (Wildman–Crippen MR) is 100 cm³/mol. The third kappa shape index (κ3) is 3.59. The van der Waals surface area contributed by atoms with Crippen LogP contribution in [0.15, 0.2) is 54.6 Å². The van der Waals surface area contributed by atoms with E-state index < -0.39 is 0 Å². The van der Waals surface area contributed by atoms with Crippen LogP contribution in [0.2, 0.25) is 5.02 Å². The summed E-state index contributed by atoms with van der Waals surface area (Å²) in [5, 5.41) is 1.61. The van der Waals surface area contributed by atoms with E-state index in [1.807, 2.05) is 55.5 Å². The molecule has 1 amide bonds. The quantitative estimate of drug-likeness (QED) is 0.680. The lowest BCUT2D eigenvalue weighted by Crippen LogP contribution is -2.30. The van der Waals surface area contributed by atoms with Gasteiger partial charge in [0.2, 0.25) is 0 Å². The van der Waals surface area contributed by atoms with E-state index in [4.69, 9.17) is 16.3 Å². The second-order valence-electron chi connectivity index (χ2n) is 5.90. The van der Waals surface area contributed by atoms with Gasteiger partial charge in [0.05, 0.1) is 18.7 Å². The topological polar surface area (TPSA) is 42.4 Å². The van der Waals surface area contributed by atoms with Gasteiger partial charge in [-0.25, -0.2) is 4.98 Å². The molecule has 0 N–H and O–H groups in total. The number of hydrogen-bond donors (Lipinski definition) is 0. The number of methoxy groups -OCH3 is 1. The van der Waals surface area contributed by atoms with Gasteiger partial charge < -0.3 is 9.64 Å². The van der Waals surface area contributed by atoms with Crippen molar-refractivity contribution in [1.29, 1.82) is 0 Å². The monoisotopic (exact) mass is 354 g/mol. The molecule has 1 aromatic heterocycles. The van der Waals surface area contributed by atoms with E-state index in [-0.39, 0.29) is 11.9 Å². The molecular formula is C20H19ClN2O2. The van der Waals surface area contributed by atoms with Crippen molar-refractivity contribution in [3.8, 4) is 5.75 Å². The number of pyridine rings is 1. The number of amides is 1. The van der Waals surface area contributed by atoms with Crippen molar-refractivity contribution >= 4 is 28.4 Å². The van der Waals surface area contributed by atoms with Gasteiger partial charge in [-0.2, -0.15) is 0 Å². The Morgan fingerprint density at radius 3 is 2.52 bits per heavy atom. The molecule has 3 aromatic rings. The lowest BCUT2D eigenvalue weighted by atomic mass is 10.1. The van der Waals surface area contributed by atoms with Crippen molar-refractivity contribution in [1.82, 2.24) is 9.88 Å². The highest BCUT2D eigenvalue weighted by molar-refractivity contribution is 6.30. The average Bonchev–Trinajstić information content (AvgIpc) is 2.66. The average molecular weight is 355 g/mol. The molecule has 0 bridgehead atoms. The molecule has 0 spiro atoms. The highest BCUT2D eigenvalue weighted by Gasteiger charge is 2.20. The maximum atomic E-state index is 12.8. The molecule has 1 heterocycles. The Morgan fingerprint density at radius 2 is 1.84 bits per heavy atom. The van der Waals surface area contributed by atoms with E-state index in [2.05, 4.69) is 4.98 Å². The maximum absolute atomic E-state index is 12.8. The Morgan fingerprint density at radius 1 is 1.12 bits per heavy atom. The molecule has 25 heavy (non-hydrogen) atoms. The molecule has 1 atom stereocenters. The molecule has 0 aliphatic heterocycles. The van der Waals surface area contributed by atoms with Crippen LogP contribution in [0, 0.1) is 0 Å². The largest absolute Gasteiger partial charge is 0.497 e. The fourth-order valence-corrected chi connectivity index (χ4v) is 2.80. The minimum atomic E-state index is -0.125. The molecule has 3 rings (SSSR count). The second kappa shape index (κ2) is 7.11. The maximum Gasteiger partial charge on any atom is 0.272 e. The number of benzene rings is 2. The molecule has 0 saturated heterocycles. The van der Waals surface area contributed by atoms with Crippen LogP contribution in [0.3, 0.4) is 0 Å². The number of ether oxygens (including phenoxy) is 1. The van der Waals surface area contributed by atoms with Gasteiger partial charge >= 0.3 is 0 Å². The molecule has 4 nitrogen and oxygen atoms in total. The van der Waals surface area contributed by atoms with Crippen LogP contribution < -0.4 is 4.74 Å². The third-order valence-corrected chi connectivity index (χ3v) is 4.62. The van der Waals surface area contributed by atoms with Gasteiger partial charge in [-0.1, -0.05) is 29.8 Å². The molecule has 5 heteroatoms. The third-order valence-electron chi connectivity index (χ3n) is 4.37. The lowest BCUT2D eigenvalue weighted by Gasteiger charge is -2.25. The van der Waals surface area contributed by atoms with E-state index in [9.17, 15) is 4.79 Å². The molecule has 0 fully saturated rings. The standard InChI is InChI=1S/C20H19ClN2O2/c1-13(14-4-7-16(21)8-5-14)23(2)20(24)19-10-6-15-12-17(25-3)9-11-18(15)22-19/h4-13H,1-3H3/t13-/m0/s1. The van der Waals surface area contributed by atoms with Gasteiger partial charge in [0.25, 0.3) is 5.91 Å². The van der Waals surface area contributed by atoms with Crippen LogP contribution in [0.25, 0.3) is 10.9 Å². The first kappa shape index (κ1) is 17.2. The van der Waals surface area contributed by atoms with E-state index in [1.165, 1.54) is 0 Å². The number of fused-ring (bicyclic) bond motifs is 1. The molecule has 128 valence electrons. The SMILES string of the molecule is COc1ccc2nc(C(=O)N(C)[C@@H](C)c3ccc(Cl)cc3)ccc2c1. The molecule has 0 saturated carbocycles. The second-order valence-corrected chi connectivity index (χ2v) is 6.34. The highest BCUT2D eigenvalue weighted by atomic mass is 35.5. The first-order valence-corrected chi connectivity index (χ1v) is 8.35. The molecular weight excluding hydrogens is 336 g/mol. The van der Waals surface area contributed by atoms with Gasteiger partial charge in [0.15, 0.2) is 0 Å². The van der Waals surface area contributed by atoms with Crippen molar-refractivity contribution in [3.05, 3.63) is 70.9 Å². The Kier molecular flexibility index (Phi) is 4.91. The van der Waals surface area contributed by atoms with Crippen molar-refractivity contribution in [2.45, 2.75) is 13.0 Å². The minimum Gasteiger partial charge on any atom is -0.497 e. The van der Waals surface area contributed by atoms with Crippen molar-refractivity contribution < 1.29 is 9.53 Å². The first-order chi connectivity index (χ1) is 12.0. The Balaban J connectivity index is 1.86. The summed E-state index contributed by atoms with van der Waals surface area (Å²) >= 11 is 5.93. The Bertz CT molecular complexity index is 909. The molecule has 2 aromatic carbocycles. The van der Waals surface area contributed by atoms with E-state index >= 15 is 0 Å². The summed E-state index contributed by atoms with van der Waals surface area (Å²) < 4.78 is 5.21. The smallest absolute Gasteiger partial charge is 0.272 e. The van der Waals surface area contributed by atoms with Crippen LogP contribution in [0.1, 0.15) is 29.0 Å². The summed E-state index contributed by atoms with van der Waals surface area (Å²) in [5.74, 6) is 0.641. The number of carbonyl (C=O) groups excluding carboxylic acids is 1. The Labute approximate surface area is 152 Å². The van der Waals surface area contributed by atoms with Crippen LogP contribution in [-0.4, -0.2) is 29.9 Å². The van der Waals surface area contributed by atoms with Crippen LogP contribution in [0.5, 0.6) is 5.75 Å². The van der Waals surface area contributed by atoms with Crippen LogP contribution in [0.4, 0.5) is 0 Å². The van der Waals surface area contributed by atoms with Crippen LogP contribution >= 0.6 is 11.6 Å². The summed E-state index contributed by atoms with van der Waals surface area (Å²) in [6, 6.07) is 16.6. The van der Waals surface area contributed by atoms with Gasteiger partial charge in [-0.05, 0) is 48.9 Å². The summed E-state index contributed by atoms with van der Waals surface area (Å²) in [6.45, 7) is 1.98. The number of rotatable bonds is 4. The van der Waals surface area contributed by atoms with Gasteiger partial charge in [0, 0.05) is 17.5 Å². The minimum absolute atomic E-state index is 0.0851.